The minimum atomic E-state index is -4.46. The second-order valence-corrected chi connectivity index (χ2v) is 9.34. The number of nitrogens with one attached hydrogen (secondary N) is 2. The van der Waals surface area contributed by atoms with Gasteiger partial charge in [-0.05, 0) is 48.4 Å². The first-order valence-corrected chi connectivity index (χ1v) is 12.3. The van der Waals surface area contributed by atoms with E-state index in [0.29, 0.717) is 43.2 Å². The highest BCUT2D eigenvalue weighted by Crippen LogP contribution is 2.34. The summed E-state index contributed by atoms with van der Waals surface area (Å²) in [5.74, 6) is 0.514. The maximum atomic E-state index is 13.7. The van der Waals surface area contributed by atoms with Gasteiger partial charge in [-0.1, -0.05) is 23.7 Å². The normalized spacial score (nSPS) is 14.9. The zero-order valence-corrected chi connectivity index (χ0v) is 21.3. The van der Waals surface area contributed by atoms with E-state index in [-0.39, 0.29) is 23.6 Å². The number of piperazine rings is 1. The molecule has 1 fully saturated rings. The van der Waals surface area contributed by atoms with E-state index >= 15 is 0 Å². The molecule has 1 amide bonds. The van der Waals surface area contributed by atoms with Gasteiger partial charge in [0, 0.05) is 51.0 Å². The van der Waals surface area contributed by atoms with Crippen molar-refractivity contribution in [2.75, 3.05) is 41.7 Å². The largest absolute Gasteiger partial charge is 0.416 e. The van der Waals surface area contributed by atoms with Crippen LogP contribution in [0, 0.1) is 0 Å². The topological polar surface area (TPSA) is 73.4 Å². The SMILES string of the molecule is CC(=O)N1CCN(c2cc(CNc3cccc(C(C)Nc4cncc(Cl)n4)c3)cc(C(F)(F)F)c2)CC1. The Morgan fingerprint density at radius 3 is 2.54 bits per heavy atom. The second-order valence-electron chi connectivity index (χ2n) is 8.95. The van der Waals surface area contributed by atoms with Gasteiger partial charge in [0.15, 0.2) is 0 Å². The first-order chi connectivity index (χ1) is 17.6. The van der Waals surface area contributed by atoms with E-state index in [1.54, 1.807) is 17.2 Å². The van der Waals surface area contributed by atoms with E-state index in [9.17, 15) is 18.0 Å². The summed E-state index contributed by atoms with van der Waals surface area (Å²) in [6.07, 6.45) is -1.43. The van der Waals surface area contributed by atoms with Crippen LogP contribution in [0.2, 0.25) is 5.15 Å². The molecule has 196 valence electrons. The van der Waals surface area contributed by atoms with Crippen molar-refractivity contribution >= 4 is 34.7 Å². The van der Waals surface area contributed by atoms with Crippen LogP contribution < -0.4 is 15.5 Å². The fourth-order valence-corrected chi connectivity index (χ4v) is 4.39. The lowest BCUT2D eigenvalue weighted by Crippen LogP contribution is -2.48. The molecule has 0 aliphatic carbocycles. The zero-order chi connectivity index (χ0) is 26.6. The molecule has 11 heteroatoms. The van der Waals surface area contributed by atoms with Gasteiger partial charge in [0.05, 0.1) is 24.0 Å². The van der Waals surface area contributed by atoms with Crippen LogP contribution in [-0.4, -0.2) is 47.0 Å². The summed E-state index contributed by atoms with van der Waals surface area (Å²) in [7, 11) is 0. The molecular weight excluding hydrogens is 505 g/mol. The van der Waals surface area contributed by atoms with Gasteiger partial charge in [-0.2, -0.15) is 13.2 Å². The summed E-state index contributed by atoms with van der Waals surface area (Å²) in [5, 5.41) is 6.77. The van der Waals surface area contributed by atoms with Gasteiger partial charge in [-0.25, -0.2) is 4.98 Å². The number of benzene rings is 2. The summed E-state index contributed by atoms with van der Waals surface area (Å²) in [6, 6.07) is 11.7. The predicted octanol–water partition coefficient (Wildman–Crippen LogP) is 5.60. The molecule has 1 atom stereocenters. The zero-order valence-electron chi connectivity index (χ0n) is 20.5. The van der Waals surface area contributed by atoms with Gasteiger partial charge >= 0.3 is 6.18 Å². The van der Waals surface area contributed by atoms with Gasteiger partial charge in [0.1, 0.15) is 11.0 Å². The summed E-state index contributed by atoms with van der Waals surface area (Å²) >= 11 is 5.91. The number of hydrogen-bond acceptors (Lipinski definition) is 6. The molecule has 0 saturated carbocycles. The third kappa shape index (κ3) is 7.03. The molecule has 0 bridgehead atoms. The van der Waals surface area contributed by atoms with Crippen LogP contribution >= 0.6 is 11.6 Å². The van der Waals surface area contributed by atoms with Gasteiger partial charge in [0.2, 0.25) is 5.91 Å². The molecule has 7 nitrogen and oxygen atoms in total. The maximum Gasteiger partial charge on any atom is 0.416 e. The number of carbonyl (C=O) groups excluding carboxylic acids is 1. The van der Waals surface area contributed by atoms with E-state index in [1.165, 1.54) is 25.3 Å². The van der Waals surface area contributed by atoms with E-state index in [2.05, 4.69) is 20.6 Å². The van der Waals surface area contributed by atoms with E-state index in [0.717, 1.165) is 11.3 Å². The van der Waals surface area contributed by atoms with Gasteiger partial charge in [-0.15, -0.1) is 0 Å². The van der Waals surface area contributed by atoms with Crippen molar-refractivity contribution in [1.29, 1.82) is 0 Å². The number of aromatic nitrogens is 2. The predicted molar refractivity (Wildman–Crippen MR) is 139 cm³/mol. The summed E-state index contributed by atoms with van der Waals surface area (Å²) in [5.41, 5.74) is 2.07. The quantitative estimate of drug-likeness (QED) is 0.412. The van der Waals surface area contributed by atoms with Gasteiger partial charge in [0.25, 0.3) is 0 Å². The fourth-order valence-electron chi connectivity index (χ4n) is 4.24. The Hall–Kier alpha value is -3.53. The summed E-state index contributed by atoms with van der Waals surface area (Å²) < 4.78 is 41.0. The summed E-state index contributed by atoms with van der Waals surface area (Å²) in [6.45, 7) is 5.62. The van der Waals surface area contributed by atoms with Crippen LogP contribution in [0.15, 0.2) is 54.9 Å². The van der Waals surface area contributed by atoms with E-state index < -0.39 is 11.7 Å². The van der Waals surface area contributed by atoms with Crippen molar-refractivity contribution < 1.29 is 18.0 Å². The number of halogens is 4. The number of carbonyl (C=O) groups is 1. The van der Waals surface area contributed by atoms with Crippen LogP contribution in [-0.2, 0) is 17.5 Å². The van der Waals surface area contributed by atoms with E-state index in [1.807, 2.05) is 36.1 Å². The smallest absolute Gasteiger partial charge is 0.381 e. The van der Waals surface area contributed by atoms with Gasteiger partial charge in [-0.3, -0.25) is 9.78 Å². The molecule has 2 heterocycles. The number of amides is 1. The van der Waals surface area contributed by atoms with Crippen molar-refractivity contribution in [3.8, 4) is 0 Å². The lowest BCUT2D eigenvalue weighted by Gasteiger charge is -2.36. The standard InChI is InChI=1S/C26H28ClF3N6O/c1-17(33-25-16-31-15-24(27)34-25)20-4-3-5-22(12-20)32-14-19-10-21(26(28,29)30)13-23(11-19)36-8-6-35(7-9-36)18(2)37/h3-5,10-13,15-17,32H,6-9,14H2,1-2H3,(H,33,34). The first kappa shape index (κ1) is 26.5. The highest BCUT2D eigenvalue weighted by Gasteiger charge is 2.32. The molecule has 1 aliphatic rings. The molecule has 0 spiro atoms. The first-order valence-electron chi connectivity index (χ1n) is 11.9. The molecule has 4 rings (SSSR count). The molecule has 3 aromatic rings. The Morgan fingerprint density at radius 1 is 1.11 bits per heavy atom. The Bertz CT molecular complexity index is 1250. The number of rotatable bonds is 7. The highest BCUT2D eigenvalue weighted by atomic mass is 35.5. The van der Waals surface area contributed by atoms with Crippen LogP contribution in [0.5, 0.6) is 0 Å². The number of nitrogens with zero attached hydrogens (tertiary/aromatic N) is 4. The number of hydrogen-bond donors (Lipinski definition) is 2. The third-order valence-corrected chi connectivity index (χ3v) is 6.43. The molecule has 2 N–H and O–H groups in total. The van der Waals surface area contributed by atoms with E-state index in [4.69, 9.17) is 11.6 Å². The molecule has 0 radical (unpaired) electrons. The Balaban J connectivity index is 1.47. The van der Waals surface area contributed by atoms with Crippen LogP contribution in [0.1, 0.15) is 36.6 Å². The second kappa shape index (κ2) is 11.2. The van der Waals surface area contributed by atoms with Crippen molar-refractivity contribution in [2.24, 2.45) is 0 Å². The molecular formula is C26H28ClF3N6O. The Morgan fingerprint density at radius 2 is 1.86 bits per heavy atom. The average molecular weight is 533 g/mol. The Labute approximate surface area is 218 Å². The third-order valence-electron chi connectivity index (χ3n) is 6.25. The molecule has 1 unspecified atom stereocenters. The lowest BCUT2D eigenvalue weighted by atomic mass is 10.1. The average Bonchev–Trinajstić information content (AvgIpc) is 2.87. The number of anilines is 3. The fraction of sp³-hybridized carbons (Fsp3) is 0.346. The van der Waals surface area contributed by atoms with Crippen molar-refractivity contribution in [1.82, 2.24) is 14.9 Å². The Kier molecular flexibility index (Phi) is 8.06. The maximum absolute atomic E-state index is 13.7. The minimum absolute atomic E-state index is 0.0270. The molecule has 37 heavy (non-hydrogen) atoms. The molecule has 1 aliphatic heterocycles. The van der Waals surface area contributed by atoms with Crippen LogP contribution in [0.3, 0.4) is 0 Å². The molecule has 1 saturated heterocycles. The monoisotopic (exact) mass is 532 g/mol. The minimum Gasteiger partial charge on any atom is -0.381 e. The molecule has 2 aromatic carbocycles. The lowest BCUT2D eigenvalue weighted by molar-refractivity contribution is -0.137. The van der Waals surface area contributed by atoms with Crippen LogP contribution in [0.25, 0.3) is 0 Å². The highest BCUT2D eigenvalue weighted by molar-refractivity contribution is 6.29. The van der Waals surface area contributed by atoms with Crippen molar-refractivity contribution in [3.05, 3.63) is 76.7 Å². The summed E-state index contributed by atoms with van der Waals surface area (Å²) in [4.78, 5) is 23.4. The van der Waals surface area contributed by atoms with Gasteiger partial charge < -0.3 is 20.4 Å². The van der Waals surface area contributed by atoms with Crippen molar-refractivity contribution in [2.45, 2.75) is 32.6 Å². The number of alkyl halides is 3. The molecule has 1 aromatic heterocycles. The van der Waals surface area contributed by atoms with Crippen molar-refractivity contribution in [3.63, 3.8) is 0 Å². The van der Waals surface area contributed by atoms with Crippen LogP contribution in [0.4, 0.5) is 30.4 Å².